The van der Waals surface area contributed by atoms with E-state index in [9.17, 15) is 9.59 Å². The van der Waals surface area contributed by atoms with E-state index >= 15 is 0 Å². The maximum absolute atomic E-state index is 12.9. The first kappa shape index (κ1) is 22.0. The zero-order chi connectivity index (χ0) is 22.7. The number of nitrogens with zero attached hydrogens (tertiary/aromatic N) is 2. The number of methoxy groups -OCH3 is 1. The third-order valence-electron chi connectivity index (χ3n) is 5.17. The number of nitrogens with one attached hydrogen (secondary N) is 1. The van der Waals surface area contributed by atoms with Gasteiger partial charge in [0.15, 0.2) is 6.10 Å². The SMILES string of the molecule is COCCc1nc(-c2ccc3c(c2)N(CC(=O)Nc2ccc(C)cc2)C(=O)C(C)O3)cs1. The molecule has 1 atom stereocenters. The molecule has 32 heavy (non-hydrogen) atoms. The van der Waals surface area contributed by atoms with Crippen molar-refractivity contribution in [1.29, 1.82) is 0 Å². The zero-order valence-electron chi connectivity index (χ0n) is 18.3. The van der Waals surface area contributed by atoms with Crippen LogP contribution >= 0.6 is 11.3 Å². The Morgan fingerprint density at radius 3 is 2.78 bits per heavy atom. The monoisotopic (exact) mass is 451 g/mol. The molecule has 0 saturated carbocycles. The lowest BCUT2D eigenvalue weighted by Gasteiger charge is -2.32. The van der Waals surface area contributed by atoms with E-state index in [2.05, 4.69) is 10.3 Å². The topological polar surface area (TPSA) is 80.8 Å². The Morgan fingerprint density at radius 1 is 1.25 bits per heavy atom. The number of aromatic nitrogens is 1. The van der Waals surface area contributed by atoms with Gasteiger partial charge in [0, 0.05) is 30.2 Å². The first-order valence-electron chi connectivity index (χ1n) is 10.4. The highest BCUT2D eigenvalue weighted by atomic mass is 32.1. The second-order valence-corrected chi connectivity index (χ2v) is 8.59. The molecule has 1 aliphatic rings. The number of thiazole rings is 1. The van der Waals surface area contributed by atoms with Crippen molar-refractivity contribution in [3.8, 4) is 17.0 Å². The normalized spacial score (nSPS) is 15.3. The van der Waals surface area contributed by atoms with Crippen LogP contribution in [0.5, 0.6) is 5.75 Å². The molecule has 0 fully saturated rings. The van der Waals surface area contributed by atoms with Crippen molar-refractivity contribution in [2.75, 3.05) is 30.5 Å². The summed E-state index contributed by atoms with van der Waals surface area (Å²) in [6, 6.07) is 13.1. The van der Waals surface area contributed by atoms with Gasteiger partial charge < -0.3 is 14.8 Å². The first-order chi connectivity index (χ1) is 15.4. The summed E-state index contributed by atoms with van der Waals surface area (Å²) in [5, 5.41) is 5.82. The lowest BCUT2D eigenvalue weighted by molar-refractivity contribution is -0.127. The molecule has 1 N–H and O–H groups in total. The molecule has 1 aliphatic heterocycles. The molecule has 166 valence electrons. The number of aryl methyl sites for hydroxylation is 1. The van der Waals surface area contributed by atoms with E-state index in [-0.39, 0.29) is 18.4 Å². The van der Waals surface area contributed by atoms with E-state index in [1.54, 1.807) is 25.4 Å². The van der Waals surface area contributed by atoms with Crippen LogP contribution in [-0.4, -0.2) is 43.2 Å². The largest absolute Gasteiger partial charge is 0.479 e. The van der Waals surface area contributed by atoms with E-state index in [4.69, 9.17) is 9.47 Å². The molecule has 8 heteroatoms. The van der Waals surface area contributed by atoms with Crippen LogP contribution in [0.4, 0.5) is 11.4 Å². The maximum Gasteiger partial charge on any atom is 0.268 e. The van der Waals surface area contributed by atoms with Gasteiger partial charge in [-0.2, -0.15) is 0 Å². The van der Waals surface area contributed by atoms with Crippen LogP contribution in [0.1, 0.15) is 17.5 Å². The summed E-state index contributed by atoms with van der Waals surface area (Å²) in [5.41, 5.74) is 4.04. The minimum Gasteiger partial charge on any atom is -0.479 e. The molecule has 0 radical (unpaired) electrons. The van der Waals surface area contributed by atoms with Gasteiger partial charge in [0.05, 0.1) is 23.0 Å². The van der Waals surface area contributed by atoms with E-state index in [0.29, 0.717) is 23.7 Å². The summed E-state index contributed by atoms with van der Waals surface area (Å²) in [4.78, 5) is 31.7. The molecule has 7 nitrogen and oxygen atoms in total. The zero-order valence-corrected chi connectivity index (χ0v) is 19.1. The fourth-order valence-corrected chi connectivity index (χ4v) is 4.25. The van der Waals surface area contributed by atoms with Gasteiger partial charge in [-0.15, -0.1) is 11.3 Å². The van der Waals surface area contributed by atoms with Crippen molar-refractivity contribution in [3.63, 3.8) is 0 Å². The molecule has 3 aromatic rings. The van der Waals surface area contributed by atoms with Crippen molar-refractivity contribution in [2.24, 2.45) is 0 Å². The van der Waals surface area contributed by atoms with Crippen LogP contribution in [0, 0.1) is 6.92 Å². The summed E-state index contributed by atoms with van der Waals surface area (Å²) < 4.78 is 10.9. The number of rotatable bonds is 7. The van der Waals surface area contributed by atoms with Gasteiger partial charge in [0.25, 0.3) is 5.91 Å². The summed E-state index contributed by atoms with van der Waals surface area (Å²) in [6.07, 6.45) is 0.0803. The van der Waals surface area contributed by atoms with Crippen LogP contribution in [0.3, 0.4) is 0 Å². The van der Waals surface area contributed by atoms with Crippen LogP contribution < -0.4 is 15.0 Å². The third-order valence-corrected chi connectivity index (χ3v) is 6.08. The number of anilines is 2. The van der Waals surface area contributed by atoms with Gasteiger partial charge in [0.2, 0.25) is 5.91 Å². The van der Waals surface area contributed by atoms with Gasteiger partial charge in [-0.25, -0.2) is 4.98 Å². The van der Waals surface area contributed by atoms with E-state index < -0.39 is 6.10 Å². The number of carbonyl (C=O) groups is 2. The minimum absolute atomic E-state index is 0.104. The van der Waals surface area contributed by atoms with Gasteiger partial charge in [-0.3, -0.25) is 14.5 Å². The van der Waals surface area contributed by atoms with E-state index in [1.165, 1.54) is 4.90 Å². The van der Waals surface area contributed by atoms with Crippen LogP contribution in [0.2, 0.25) is 0 Å². The lowest BCUT2D eigenvalue weighted by atomic mass is 10.1. The van der Waals surface area contributed by atoms with Crippen LogP contribution in [0.15, 0.2) is 47.8 Å². The predicted molar refractivity (Wildman–Crippen MR) is 125 cm³/mol. The number of amides is 2. The highest BCUT2D eigenvalue weighted by Crippen LogP contribution is 2.37. The smallest absolute Gasteiger partial charge is 0.268 e. The van der Waals surface area contributed by atoms with Gasteiger partial charge in [-0.05, 0) is 44.2 Å². The first-order valence-corrected chi connectivity index (χ1v) is 11.2. The maximum atomic E-state index is 12.9. The van der Waals surface area contributed by atoms with Crippen molar-refractivity contribution in [3.05, 3.63) is 58.4 Å². The second-order valence-electron chi connectivity index (χ2n) is 7.65. The third kappa shape index (κ3) is 4.81. The molecule has 4 rings (SSSR count). The molecule has 0 aliphatic carbocycles. The lowest BCUT2D eigenvalue weighted by Crippen LogP contribution is -2.47. The highest BCUT2D eigenvalue weighted by molar-refractivity contribution is 7.09. The van der Waals surface area contributed by atoms with Crippen molar-refractivity contribution >= 4 is 34.5 Å². The average molecular weight is 452 g/mol. The fourth-order valence-electron chi connectivity index (χ4n) is 3.46. The quantitative estimate of drug-likeness (QED) is 0.586. The standard InChI is InChI=1S/C24H25N3O4S/c1-15-4-7-18(8-5-15)25-22(28)13-27-20-12-17(6-9-21(20)31-16(2)24(27)29)19-14-32-23(26-19)10-11-30-3/h4-9,12,14,16H,10-11,13H2,1-3H3,(H,25,28). The molecule has 2 heterocycles. The van der Waals surface area contributed by atoms with Crippen LogP contribution in [0.25, 0.3) is 11.3 Å². The molecule has 1 aromatic heterocycles. The van der Waals surface area contributed by atoms with E-state index in [1.807, 2.05) is 54.8 Å². The number of ether oxygens (including phenoxy) is 2. The van der Waals surface area contributed by atoms with Gasteiger partial charge in [-0.1, -0.05) is 17.7 Å². The molecular formula is C24H25N3O4S. The average Bonchev–Trinajstić information content (AvgIpc) is 3.26. The fraction of sp³-hybridized carbons (Fsp3) is 0.292. The second kappa shape index (κ2) is 9.50. The summed E-state index contributed by atoms with van der Waals surface area (Å²) in [7, 11) is 1.67. The Bertz CT molecular complexity index is 1130. The van der Waals surface area contributed by atoms with Crippen molar-refractivity contribution in [2.45, 2.75) is 26.4 Å². The van der Waals surface area contributed by atoms with Gasteiger partial charge >= 0.3 is 0 Å². The Hall–Kier alpha value is -3.23. The molecule has 0 saturated heterocycles. The van der Waals surface area contributed by atoms with E-state index in [0.717, 1.165) is 28.2 Å². The number of hydrogen-bond acceptors (Lipinski definition) is 6. The summed E-state index contributed by atoms with van der Waals surface area (Å²) >= 11 is 1.57. The molecular weight excluding hydrogens is 426 g/mol. The summed E-state index contributed by atoms with van der Waals surface area (Å²) in [6.45, 7) is 4.18. The van der Waals surface area contributed by atoms with Crippen LogP contribution in [-0.2, 0) is 20.7 Å². The highest BCUT2D eigenvalue weighted by Gasteiger charge is 2.33. The Kier molecular flexibility index (Phi) is 6.53. The van der Waals surface area contributed by atoms with Crippen molar-refractivity contribution in [1.82, 2.24) is 4.98 Å². The van der Waals surface area contributed by atoms with Crippen molar-refractivity contribution < 1.29 is 19.1 Å². The number of benzene rings is 2. The Labute approximate surface area is 191 Å². The predicted octanol–water partition coefficient (Wildman–Crippen LogP) is 4.06. The molecule has 1 unspecified atom stereocenters. The Morgan fingerprint density at radius 2 is 2.03 bits per heavy atom. The molecule has 0 bridgehead atoms. The summed E-state index contributed by atoms with van der Waals surface area (Å²) in [5.74, 6) is 0.0368. The number of fused-ring (bicyclic) bond motifs is 1. The Balaban J connectivity index is 1.57. The number of carbonyl (C=O) groups excluding carboxylic acids is 2. The minimum atomic E-state index is -0.666. The molecule has 2 aromatic carbocycles. The number of hydrogen-bond donors (Lipinski definition) is 1. The van der Waals surface area contributed by atoms with Gasteiger partial charge in [0.1, 0.15) is 12.3 Å². The molecule has 2 amide bonds. The molecule has 0 spiro atoms.